The van der Waals surface area contributed by atoms with Gasteiger partial charge in [0.2, 0.25) is 5.91 Å². The molecule has 1 N–H and O–H groups in total. The fourth-order valence-corrected chi connectivity index (χ4v) is 4.67. The molecule has 0 aromatic carbocycles. The maximum absolute atomic E-state index is 11.6. The summed E-state index contributed by atoms with van der Waals surface area (Å²) in [5, 5.41) is 21.3. The van der Waals surface area contributed by atoms with E-state index in [1.165, 1.54) is 0 Å². The third-order valence-electron chi connectivity index (χ3n) is 6.14. The maximum Gasteiger partial charge on any atom is 0.217 e. The van der Waals surface area contributed by atoms with Crippen molar-refractivity contribution >= 4 is 17.2 Å². The molecule has 1 aliphatic rings. The Bertz CT molecular complexity index is 1410. The first-order valence-electron chi connectivity index (χ1n) is 11.1. The molecule has 1 unspecified atom stereocenters. The zero-order valence-electron chi connectivity index (χ0n) is 19.4. The molecule has 4 aromatic rings. The Morgan fingerprint density at radius 2 is 2.03 bits per heavy atom. The highest BCUT2D eigenvalue weighted by Gasteiger charge is 2.32. The zero-order valence-corrected chi connectivity index (χ0v) is 19.4. The first-order valence-corrected chi connectivity index (χ1v) is 11.1. The van der Waals surface area contributed by atoms with Crippen molar-refractivity contribution in [2.45, 2.75) is 32.2 Å². The monoisotopic (exact) mass is 455 g/mol. The summed E-state index contributed by atoms with van der Waals surface area (Å²) in [5.41, 5.74) is 3.79. The summed E-state index contributed by atoms with van der Waals surface area (Å²) < 4.78 is 3.40. The lowest BCUT2D eigenvalue weighted by atomic mass is 9.91. The van der Waals surface area contributed by atoms with E-state index in [1.807, 2.05) is 25.4 Å². The van der Waals surface area contributed by atoms with E-state index in [2.05, 4.69) is 33.4 Å². The van der Waals surface area contributed by atoms with E-state index in [4.69, 9.17) is 9.97 Å². The number of anilines is 1. The number of nitriles is 1. The smallest absolute Gasteiger partial charge is 0.217 e. The number of amides is 1. The highest BCUT2D eigenvalue weighted by atomic mass is 16.1. The molecule has 34 heavy (non-hydrogen) atoms. The molecule has 172 valence electrons. The van der Waals surface area contributed by atoms with Gasteiger partial charge < -0.3 is 10.2 Å². The molecule has 10 heteroatoms. The van der Waals surface area contributed by atoms with Gasteiger partial charge in [0.25, 0.3) is 0 Å². The van der Waals surface area contributed by atoms with Gasteiger partial charge in [-0.05, 0) is 31.9 Å². The van der Waals surface area contributed by atoms with Crippen LogP contribution < -0.4 is 10.2 Å². The number of rotatable bonds is 4. The third-order valence-corrected chi connectivity index (χ3v) is 6.14. The van der Waals surface area contributed by atoms with Crippen LogP contribution in [-0.2, 0) is 11.8 Å². The molecule has 0 bridgehead atoms. The van der Waals surface area contributed by atoms with E-state index in [1.54, 1.807) is 40.9 Å². The molecule has 0 aliphatic carbocycles. The maximum atomic E-state index is 11.6. The summed E-state index contributed by atoms with van der Waals surface area (Å²) in [5.74, 6) is 0.818. The Labute approximate surface area is 196 Å². The van der Waals surface area contributed by atoms with Gasteiger partial charge in [-0.3, -0.25) is 9.48 Å². The van der Waals surface area contributed by atoms with Gasteiger partial charge in [-0.15, -0.1) is 0 Å². The quantitative estimate of drug-likeness (QED) is 0.502. The number of hydrogen-bond acceptors (Lipinski definition) is 7. The van der Waals surface area contributed by atoms with Crippen molar-refractivity contribution in [1.29, 1.82) is 5.26 Å². The van der Waals surface area contributed by atoms with Crippen LogP contribution >= 0.6 is 0 Å². The molecule has 4 aromatic heterocycles. The lowest BCUT2D eigenvalue weighted by Crippen LogP contribution is -2.56. The van der Waals surface area contributed by atoms with E-state index in [0.717, 1.165) is 36.3 Å². The van der Waals surface area contributed by atoms with Crippen molar-refractivity contribution in [3.05, 3.63) is 48.7 Å². The average Bonchev–Trinajstić information content (AvgIpc) is 3.43. The van der Waals surface area contributed by atoms with Crippen LogP contribution in [0.15, 0.2) is 43.1 Å². The number of nitrogens with one attached hydrogen (secondary N) is 1. The van der Waals surface area contributed by atoms with Crippen LogP contribution in [0.5, 0.6) is 0 Å². The fourth-order valence-electron chi connectivity index (χ4n) is 4.67. The van der Waals surface area contributed by atoms with Gasteiger partial charge in [0.05, 0.1) is 35.5 Å². The van der Waals surface area contributed by atoms with Crippen LogP contribution in [0, 0.1) is 11.3 Å². The summed E-state index contributed by atoms with van der Waals surface area (Å²) in [6, 6.07) is 6.14. The van der Waals surface area contributed by atoms with Crippen LogP contribution in [0.25, 0.3) is 28.0 Å². The molecule has 5 heterocycles. The second-order valence-electron chi connectivity index (χ2n) is 9.01. The Kier molecular flexibility index (Phi) is 5.24. The first kappa shape index (κ1) is 21.6. The molecule has 10 nitrogen and oxygen atoms in total. The number of nitrogens with zero attached hydrogens (tertiary/aromatic N) is 8. The van der Waals surface area contributed by atoms with E-state index in [0.29, 0.717) is 29.0 Å². The van der Waals surface area contributed by atoms with Gasteiger partial charge in [-0.1, -0.05) is 0 Å². The fraction of sp³-hybridized carbons (Fsp3) is 0.333. The largest absolute Gasteiger partial charge is 0.354 e. The second-order valence-corrected chi connectivity index (χ2v) is 9.01. The molecule has 1 atom stereocenters. The summed E-state index contributed by atoms with van der Waals surface area (Å²) in [7, 11) is 1.85. The highest BCUT2D eigenvalue weighted by molar-refractivity contribution is 5.83. The number of pyridine rings is 1. The van der Waals surface area contributed by atoms with Gasteiger partial charge in [0, 0.05) is 50.6 Å². The summed E-state index contributed by atoms with van der Waals surface area (Å²) in [6.45, 7) is 5.19. The van der Waals surface area contributed by atoms with Gasteiger partial charge in [0.1, 0.15) is 23.0 Å². The van der Waals surface area contributed by atoms with Gasteiger partial charge in [-0.2, -0.15) is 15.5 Å². The van der Waals surface area contributed by atoms with Gasteiger partial charge >= 0.3 is 0 Å². The minimum Gasteiger partial charge on any atom is -0.354 e. The molecule has 5 rings (SSSR count). The predicted octanol–water partition coefficient (Wildman–Crippen LogP) is 2.56. The average molecular weight is 456 g/mol. The molecule has 1 amide bonds. The molecule has 1 saturated heterocycles. The van der Waals surface area contributed by atoms with Gasteiger partial charge in [0.15, 0.2) is 0 Å². The molecular formula is C24H25N9O. The third kappa shape index (κ3) is 3.96. The number of carbonyl (C=O) groups excluding carboxylic acids is 1. The normalized spacial score (nSPS) is 18.1. The molecule has 1 aliphatic heterocycles. The molecule has 0 spiro atoms. The topological polar surface area (TPSA) is 117 Å². The van der Waals surface area contributed by atoms with Crippen molar-refractivity contribution in [1.82, 2.24) is 34.7 Å². The molecule has 0 saturated carbocycles. The lowest BCUT2D eigenvalue weighted by Gasteiger charge is -2.41. The Hall–Kier alpha value is -4.26. The zero-order chi connectivity index (χ0) is 23.9. The first-order chi connectivity index (χ1) is 16.3. The molecule has 0 radical (unpaired) electrons. The Balaban J connectivity index is 1.52. The second kappa shape index (κ2) is 8.26. The number of hydrogen-bond donors (Lipinski definition) is 1. The minimum absolute atomic E-state index is 0.0228. The number of piperidine rings is 1. The number of carbonyl (C=O) groups is 1. The van der Waals surface area contributed by atoms with Crippen LogP contribution in [-0.4, -0.2) is 53.9 Å². The molecular weight excluding hydrogens is 430 g/mol. The summed E-state index contributed by atoms with van der Waals surface area (Å²) in [6.07, 6.45) is 10.7. The predicted molar refractivity (Wildman–Crippen MR) is 127 cm³/mol. The molecule has 1 fully saturated rings. The Morgan fingerprint density at radius 1 is 1.18 bits per heavy atom. The van der Waals surface area contributed by atoms with Crippen LogP contribution in [0.3, 0.4) is 0 Å². The Morgan fingerprint density at radius 3 is 2.71 bits per heavy atom. The van der Waals surface area contributed by atoms with E-state index in [-0.39, 0.29) is 11.4 Å². The van der Waals surface area contributed by atoms with Crippen molar-refractivity contribution in [2.24, 2.45) is 7.05 Å². The van der Waals surface area contributed by atoms with Crippen molar-refractivity contribution in [2.75, 3.05) is 18.0 Å². The van der Waals surface area contributed by atoms with Crippen LogP contribution in [0.2, 0.25) is 0 Å². The highest BCUT2D eigenvalue weighted by Crippen LogP contribution is 2.30. The van der Waals surface area contributed by atoms with E-state index in [9.17, 15) is 10.1 Å². The minimum atomic E-state index is -0.282. The lowest BCUT2D eigenvalue weighted by molar-refractivity contribution is -0.120. The summed E-state index contributed by atoms with van der Waals surface area (Å²) >= 11 is 0. The number of fused-ring (bicyclic) bond motifs is 1. The standard InChI is InChI=1S/C24H25N9O/c1-16(34)30-24(2)7-4-8-32(15-24)21-6-5-17(10-26-21)22-23-18(9-25)11-28-33(23)14-20(29-22)19-12-27-31(3)13-19/h5-6,10-14H,4,7-8,15H2,1-3H3,(H,30,34). The van der Waals surface area contributed by atoms with Crippen LogP contribution in [0.4, 0.5) is 5.82 Å². The van der Waals surface area contributed by atoms with Crippen molar-refractivity contribution in [3.8, 4) is 28.6 Å². The van der Waals surface area contributed by atoms with Gasteiger partial charge in [-0.25, -0.2) is 14.5 Å². The number of aromatic nitrogens is 6. The van der Waals surface area contributed by atoms with Crippen LogP contribution in [0.1, 0.15) is 32.3 Å². The van der Waals surface area contributed by atoms with E-state index < -0.39 is 0 Å². The number of aryl methyl sites for hydroxylation is 1. The van der Waals surface area contributed by atoms with E-state index >= 15 is 0 Å². The van der Waals surface area contributed by atoms with Crippen molar-refractivity contribution in [3.63, 3.8) is 0 Å². The SMILES string of the molecule is CC(=O)NC1(C)CCCN(c2ccc(-c3nc(-c4cnn(C)c4)cn4ncc(C#N)c34)cn2)C1. The van der Waals surface area contributed by atoms with Crippen molar-refractivity contribution < 1.29 is 4.79 Å². The summed E-state index contributed by atoms with van der Waals surface area (Å²) in [4.78, 5) is 23.4.